The molecule has 8 nitrogen and oxygen atoms in total. The van der Waals surface area contributed by atoms with Crippen molar-refractivity contribution in [2.75, 3.05) is 12.4 Å². The van der Waals surface area contributed by atoms with Gasteiger partial charge in [-0.25, -0.2) is 9.97 Å². The SMILES string of the molecule is COc1ncc(-c2cccc(C(C)c3n[nH]c4c3C(O)(C(F)(F)F)CC(=O)N4)c2)cn1. The Balaban J connectivity index is 1.75. The van der Waals surface area contributed by atoms with Gasteiger partial charge in [-0.2, -0.15) is 18.3 Å². The second-order valence-electron chi connectivity index (χ2n) is 7.25. The van der Waals surface area contributed by atoms with Crippen LogP contribution in [0.15, 0.2) is 36.7 Å². The van der Waals surface area contributed by atoms with Gasteiger partial charge in [-0.05, 0) is 11.1 Å². The number of aromatic nitrogens is 4. The number of nitrogens with one attached hydrogen (secondary N) is 2. The normalized spacial score (nSPS) is 19.5. The smallest absolute Gasteiger partial charge is 0.422 e. The third-order valence-corrected chi connectivity index (χ3v) is 5.30. The second-order valence-corrected chi connectivity index (χ2v) is 7.25. The number of hydrogen-bond acceptors (Lipinski definition) is 6. The quantitative estimate of drug-likeness (QED) is 0.583. The van der Waals surface area contributed by atoms with Gasteiger partial charge in [0.25, 0.3) is 0 Å². The molecule has 0 radical (unpaired) electrons. The number of alkyl halides is 3. The van der Waals surface area contributed by atoms with Gasteiger partial charge < -0.3 is 15.2 Å². The molecule has 4 rings (SSSR count). The molecular weight excluding hydrogens is 415 g/mol. The maximum absolute atomic E-state index is 13.8. The highest BCUT2D eigenvalue weighted by molar-refractivity contribution is 5.94. The van der Waals surface area contributed by atoms with E-state index in [1.807, 2.05) is 6.07 Å². The van der Waals surface area contributed by atoms with Crippen molar-refractivity contribution in [3.63, 3.8) is 0 Å². The minimum atomic E-state index is -5.06. The number of ether oxygens (including phenoxy) is 1. The van der Waals surface area contributed by atoms with E-state index in [4.69, 9.17) is 4.74 Å². The molecule has 31 heavy (non-hydrogen) atoms. The number of nitrogens with zero attached hydrogens (tertiary/aromatic N) is 3. The zero-order valence-electron chi connectivity index (χ0n) is 16.5. The van der Waals surface area contributed by atoms with E-state index in [9.17, 15) is 23.1 Å². The van der Waals surface area contributed by atoms with Crippen molar-refractivity contribution < 1.29 is 27.8 Å². The summed E-state index contributed by atoms with van der Waals surface area (Å²) in [5.74, 6) is -1.82. The van der Waals surface area contributed by atoms with E-state index in [1.54, 1.807) is 37.5 Å². The summed E-state index contributed by atoms with van der Waals surface area (Å²) in [6.45, 7) is 1.67. The highest BCUT2D eigenvalue weighted by Gasteiger charge is 2.60. The number of carbonyl (C=O) groups is 1. The van der Waals surface area contributed by atoms with Crippen molar-refractivity contribution in [1.82, 2.24) is 20.2 Å². The second kappa shape index (κ2) is 7.34. The van der Waals surface area contributed by atoms with Gasteiger partial charge in [-0.1, -0.05) is 31.2 Å². The van der Waals surface area contributed by atoms with E-state index in [2.05, 4.69) is 25.5 Å². The molecule has 2 unspecified atom stereocenters. The molecule has 3 aromatic rings. The summed E-state index contributed by atoms with van der Waals surface area (Å²) < 4.78 is 46.2. The molecule has 1 aliphatic rings. The lowest BCUT2D eigenvalue weighted by molar-refractivity contribution is -0.267. The molecule has 0 bridgehead atoms. The first-order valence-corrected chi connectivity index (χ1v) is 9.28. The number of carbonyl (C=O) groups excluding carboxylic acids is 1. The summed E-state index contributed by atoms with van der Waals surface area (Å²) in [5.41, 5.74) is -1.70. The summed E-state index contributed by atoms with van der Waals surface area (Å²) in [7, 11) is 1.45. The lowest BCUT2D eigenvalue weighted by Crippen LogP contribution is -2.48. The van der Waals surface area contributed by atoms with E-state index < -0.39 is 35.6 Å². The Hall–Kier alpha value is -3.47. The number of amides is 1. The monoisotopic (exact) mass is 433 g/mol. The summed E-state index contributed by atoms with van der Waals surface area (Å²) in [6, 6.07) is 7.30. The molecule has 0 spiro atoms. The number of hydrogen-bond donors (Lipinski definition) is 3. The van der Waals surface area contributed by atoms with Gasteiger partial charge in [-0.15, -0.1) is 0 Å². The minimum Gasteiger partial charge on any atom is -0.467 e. The molecule has 1 aliphatic heterocycles. The zero-order valence-corrected chi connectivity index (χ0v) is 16.5. The molecule has 0 aliphatic carbocycles. The summed E-state index contributed by atoms with van der Waals surface area (Å²) in [4.78, 5) is 19.9. The Bertz CT molecular complexity index is 1130. The average molecular weight is 433 g/mol. The van der Waals surface area contributed by atoms with Crippen LogP contribution in [0.3, 0.4) is 0 Å². The number of aromatic amines is 1. The molecule has 3 N–H and O–H groups in total. The van der Waals surface area contributed by atoms with Crippen LogP contribution in [0.5, 0.6) is 6.01 Å². The number of methoxy groups -OCH3 is 1. The number of H-pyrrole nitrogens is 1. The van der Waals surface area contributed by atoms with Crippen LogP contribution in [0.25, 0.3) is 11.1 Å². The average Bonchev–Trinajstić information content (AvgIpc) is 3.17. The fourth-order valence-corrected chi connectivity index (χ4v) is 3.64. The predicted octanol–water partition coefficient (Wildman–Crippen LogP) is 3.12. The Kier molecular flexibility index (Phi) is 4.92. The minimum absolute atomic E-state index is 0.00189. The first-order valence-electron chi connectivity index (χ1n) is 9.28. The summed E-state index contributed by atoms with van der Waals surface area (Å²) >= 11 is 0. The molecule has 0 saturated heterocycles. The predicted molar refractivity (Wildman–Crippen MR) is 103 cm³/mol. The molecular formula is C20H18F3N5O3. The van der Waals surface area contributed by atoms with Gasteiger partial charge >= 0.3 is 12.2 Å². The lowest BCUT2D eigenvalue weighted by Gasteiger charge is -2.34. The number of halogens is 3. The van der Waals surface area contributed by atoms with Gasteiger partial charge in [0.1, 0.15) is 5.82 Å². The highest BCUT2D eigenvalue weighted by Crippen LogP contribution is 2.49. The van der Waals surface area contributed by atoms with E-state index >= 15 is 0 Å². The van der Waals surface area contributed by atoms with Crippen LogP contribution < -0.4 is 10.1 Å². The number of anilines is 1. The Labute approximate surface area is 174 Å². The largest absolute Gasteiger partial charge is 0.467 e. The van der Waals surface area contributed by atoms with E-state index in [0.29, 0.717) is 11.1 Å². The Morgan fingerprint density at radius 2 is 1.94 bits per heavy atom. The lowest BCUT2D eigenvalue weighted by atomic mass is 9.82. The van der Waals surface area contributed by atoms with Gasteiger partial charge in [-0.3, -0.25) is 9.89 Å². The van der Waals surface area contributed by atoms with Crippen LogP contribution in [0.1, 0.15) is 36.1 Å². The molecule has 162 valence electrons. The van der Waals surface area contributed by atoms with Crippen LogP contribution in [-0.2, 0) is 10.4 Å². The first-order chi connectivity index (χ1) is 14.6. The van der Waals surface area contributed by atoms with Crippen LogP contribution in [0.2, 0.25) is 0 Å². The van der Waals surface area contributed by atoms with E-state index in [1.165, 1.54) is 7.11 Å². The molecule has 0 fully saturated rings. The van der Waals surface area contributed by atoms with Crippen molar-refractivity contribution in [3.8, 4) is 17.1 Å². The first kappa shape index (κ1) is 20.8. The molecule has 11 heteroatoms. The molecule has 3 heterocycles. The maximum atomic E-state index is 13.8. The van der Waals surface area contributed by atoms with Crippen LogP contribution in [-0.4, -0.2) is 44.5 Å². The van der Waals surface area contributed by atoms with Crippen molar-refractivity contribution in [1.29, 1.82) is 0 Å². The third-order valence-electron chi connectivity index (χ3n) is 5.30. The molecule has 0 saturated carbocycles. The zero-order chi connectivity index (χ0) is 22.4. The van der Waals surface area contributed by atoms with Crippen LogP contribution >= 0.6 is 0 Å². The fourth-order valence-electron chi connectivity index (χ4n) is 3.64. The van der Waals surface area contributed by atoms with Crippen molar-refractivity contribution in [2.24, 2.45) is 0 Å². The number of aliphatic hydroxyl groups is 1. The van der Waals surface area contributed by atoms with E-state index in [0.717, 1.165) is 5.56 Å². The topological polar surface area (TPSA) is 113 Å². The van der Waals surface area contributed by atoms with Gasteiger partial charge in [0.15, 0.2) is 5.60 Å². The molecule has 1 aromatic carbocycles. The standard InChI is InChI=1S/C20H18F3N5O3/c1-10(11-4-3-5-12(6-11)13-8-24-18(31-2)25-9-13)16-15-17(28-27-16)26-14(29)7-19(15,30)20(21,22)23/h3-6,8-10,30H,7H2,1-2H3,(H2,26,27,28,29). The highest BCUT2D eigenvalue weighted by atomic mass is 19.4. The number of benzene rings is 1. The number of rotatable bonds is 4. The number of fused-ring (bicyclic) bond motifs is 1. The van der Waals surface area contributed by atoms with E-state index in [-0.39, 0.29) is 17.5 Å². The van der Waals surface area contributed by atoms with Crippen molar-refractivity contribution in [3.05, 3.63) is 53.5 Å². The fraction of sp³-hybridized carbons (Fsp3) is 0.300. The Morgan fingerprint density at radius 1 is 1.23 bits per heavy atom. The van der Waals surface area contributed by atoms with Crippen LogP contribution in [0.4, 0.5) is 19.0 Å². The maximum Gasteiger partial charge on any atom is 0.422 e. The van der Waals surface area contributed by atoms with Gasteiger partial charge in [0, 0.05) is 23.9 Å². The van der Waals surface area contributed by atoms with Crippen molar-refractivity contribution in [2.45, 2.75) is 31.0 Å². The molecule has 2 atom stereocenters. The molecule has 1 amide bonds. The third kappa shape index (κ3) is 3.50. The molecule has 2 aromatic heterocycles. The summed E-state index contributed by atoms with van der Waals surface area (Å²) in [5, 5.41) is 19.2. The van der Waals surface area contributed by atoms with Gasteiger partial charge in [0.05, 0.1) is 24.8 Å². The van der Waals surface area contributed by atoms with Crippen molar-refractivity contribution >= 4 is 11.7 Å². The Morgan fingerprint density at radius 3 is 2.58 bits per heavy atom. The van der Waals surface area contributed by atoms with Gasteiger partial charge in [0.2, 0.25) is 5.91 Å². The van der Waals surface area contributed by atoms with Crippen LogP contribution in [0, 0.1) is 0 Å². The summed E-state index contributed by atoms with van der Waals surface area (Å²) in [6.07, 6.45) is -3.04.